The van der Waals surface area contributed by atoms with E-state index in [4.69, 9.17) is 10.2 Å². The van der Waals surface area contributed by atoms with Crippen molar-refractivity contribution in [2.24, 2.45) is 0 Å². The third kappa shape index (κ3) is 4.35. The Balaban J connectivity index is 1.41. The number of nitrogen functional groups attached to an aromatic ring is 1. The topological polar surface area (TPSA) is 132 Å². The van der Waals surface area contributed by atoms with E-state index < -0.39 is 0 Å². The zero-order valence-corrected chi connectivity index (χ0v) is 15.2. The van der Waals surface area contributed by atoms with Crippen LogP contribution in [0.5, 0.6) is 0 Å². The first-order chi connectivity index (χ1) is 14.2. The van der Waals surface area contributed by atoms with Crippen molar-refractivity contribution in [3.8, 4) is 11.3 Å². The highest BCUT2D eigenvalue weighted by atomic mass is 16.3. The number of hydrogen-bond donors (Lipinski definition) is 3. The number of anilines is 3. The summed E-state index contributed by atoms with van der Waals surface area (Å²) in [5.74, 6) is 0.0484. The lowest BCUT2D eigenvalue weighted by Crippen LogP contribution is -2.14. The van der Waals surface area contributed by atoms with E-state index in [0.29, 0.717) is 23.7 Å². The molecule has 0 bridgehead atoms. The third-order valence-corrected chi connectivity index (χ3v) is 4.07. The SMILES string of the molecule is Nc1ncccc1NCc1cc(NC(=O)c2cnc(-c3ccoc3)cn2)ccn1. The average Bonchev–Trinajstić information content (AvgIpc) is 3.28. The van der Waals surface area contributed by atoms with Crippen LogP contribution in [0.25, 0.3) is 11.3 Å². The number of carbonyl (C=O) groups is 1. The molecular weight excluding hydrogens is 370 g/mol. The predicted octanol–water partition coefficient (Wildman–Crippen LogP) is 2.97. The molecule has 0 unspecified atom stereocenters. The van der Waals surface area contributed by atoms with Gasteiger partial charge in [-0.15, -0.1) is 0 Å². The van der Waals surface area contributed by atoms with Crippen LogP contribution in [0.3, 0.4) is 0 Å². The number of rotatable bonds is 6. The fourth-order valence-electron chi connectivity index (χ4n) is 2.61. The molecule has 0 aliphatic rings. The summed E-state index contributed by atoms with van der Waals surface area (Å²) in [4.78, 5) is 29.2. The van der Waals surface area contributed by atoms with E-state index in [1.165, 1.54) is 12.4 Å². The van der Waals surface area contributed by atoms with Crippen LogP contribution < -0.4 is 16.4 Å². The maximum absolute atomic E-state index is 12.5. The Kier molecular flexibility index (Phi) is 5.10. The largest absolute Gasteiger partial charge is 0.472 e. The summed E-state index contributed by atoms with van der Waals surface area (Å²) in [6, 6.07) is 8.87. The molecule has 4 aromatic heterocycles. The smallest absolute Gasteiger partial charge is 0.275 e. The molecule has 0 saturated carbocycles. The van der Waals surface area contributed by atoms with Gasteiger partial charge in [-0.05, 0) is 30.3 Å². The van der Waals surface area contributed by atoms with Gasteiger partial charge in [-0.2, -0.15) is 0 Å². The molecule has 0 aliphatic carbocycles. The maximum Gasteiger partial charge on any atom is 0.275 e. The van der Waals surface area contributed by atoms with Crippen LogP contribution >= 0.6 is 0 Å². The molecule has 9 nitrogen and oxygen atoms in total. The van der Waals surface area contributed by atoms with Gasteiger partial charge in [0.15, 0.2) is 0 Å². The minimum atomic E-state index is -0.363. The van der Waals surface area contributed by atoms with E-state index in [0.717, 1.165) is 16.9 Å². The molecule has 4 rings (SSSR count). The van der Waals surface area contributed by atoms with Gasteiger partial charge in [0, 0.05) is 23.6 Å². The zero-order chi connectivity index (χ0) is 20.1. The number of pyridine rings is 2. The van der Waals surface area contributed by atoms with Gasteiger partial charge in [0.25, 0.3) is 5.91 Å². The van der Waals surface area contributed by atoms with Crippen LogP contribution in [-0.4, -0.2) is 25.8 Å². The first kappa shape index (κ1) is 18.1. The molecule has 9 heteroatoms. The summed E-state index contributed by atoms with van der Waals surface area (Å²) in [5, 5.41) is 5.97. The van der Waals surface area contributed by atoms with Crippen LogP contribution in [0.1, 0.15) is 16.2 Å². The second-order valence-electron chi connectivity index (χ2n) is 6.08. The first-order valence-electron chi connectivity index (χ1n) is 8.74. The number of amides is 1. The van der Waals surface area contributed by atoms with Crippen molar-refractivity contribution >= 4 is 23.1 Å². The van der Waals surface area contributed by atoms with Gasteiger partial charge in [-0.1, -0.05) is 0 Å². The van der Waals surface area contributed by atoms with E-state index in [1.807, 2.05) is 6.07 Å². The summed E-state index contributed by atoms with van der Waals surface area (Å²) >= 11 is 0. The van der Waals surface area contributed by atoms with Gasteiger partial charge < -0.3 is 20.8 Å². The number of furan rings is 1. The molecule has 4 aromatic rings. The molecule has 4 heterocycles. The molecule has 0 aromatic carbocycles. The fraction of sp³-hybridized carbons (Fsp3) is 0.0500. The van der Waals surface area contributed by atoms with Crippen molar-refractivity contribution in [2.45, 2.75) is 6.54 Å². The maximum atomic E-state index is 12.5. The van der Waals surface area contributed by atoms with Crippen LogP contribution in [-0.2, 0) is 6.54 Å². The first-order valence-corrected chi connectivity index (χ1v) is 8.74. The van der Waals surface area contributed by atoms with Gasteiger partial charge in [-0.3, -0.25) is 14.8 Å². The molecule has 0 atom stereocenters. The number of hydrogen-bond acceptors (Lipinski definition) is 8. The normalized spacial score (nSPS) is 10.5. The Hall–Kier alpha value is -4.27. The van der Waals surface area contributed by atoms with E-state index in [2.05, 4.69) is 30.6 Å². The van der Waals surface area contributed by atoms with Crippen molar-refractivity contribution in [1.29, 1.82) is 0 Å². The van der Waals surface area contributed by atoms with E-state index in [-0.39, 0.29) is 11.6 Å². The zero-order valence-electron chi connectivity index (χ0n) is 15.2. The third-order valence-electron chi connectivity index (χ3n) is 4.07. The summed E-state index contributed by atoms with van der Waals surface area (Å²) in [6.07, 6.45) is 9.31. The van der Waals surface area contributed by atoms with E-state index in [9.17, 15) is 4.79 Å². The van der Waals surface area contributed by atoms with E-state index in [1.54, 1.807) is 49.2 Å². The van der Waals surface area contributed by atoms with Crippen LogP contribution in [0.4, 0.5) is 17.2 Å². The number of nitrogens with one attached hydrogen (secondary N) is 2. The van der Waals surface area contributed by atoms with Gasteiger partial charge in [0.1, 0.15) is 11.5 Å². The minimum Gasteiger partial charge on any atom is -0.472 e. The average molecular weight is 387 g/mol. The summed E-state index contributed by atoms with van der Waals surface area (Å²) < 4.78 is 5.02. The second kappa shape index (κ2) is 8.17. The molecule has 144 valence electrons. The van der Waals surface area contributed by atoms with Crippen LogP contribution in [0, 0.1) is 0 Å². The molecule has 1 amide bonds. The number of nitrogens with two attached hydrogens (primary N) is 1. The lowest BCUT2D eigenvalue weighted by atomic mass is 10.2. The Labute approximate surface area is 166 Å². The molecule has 0 spiro atoms. The standard InChI is InChI=1S/C20H17N7O2/c21-19-16(2-1-5-23-19)24-9-15-8-14(3-6-22-15)27-20(28)18-11-25-17(10-26-18)13-4-7-29-12-13/h1-8,10-12,24H,9H2,(H2,21,23)(H,22,27,28). The van der Waals surface area contributed by atoms with Crippen molar-refractivity contribution in [3.05, 3.63) is 79.0 Å². The van der Waals surface area contributed by atoms with Gasteiger partial charge in [-0.25, -0.2) is 9.97 Å². The molecular formula is C20H17N7O2. The number of nitrogens with zero attached hydrogens (tertiary/aromatic N) is 4. The van der Waals surface area contributed by atoms with Gasteiger partial charge in [0.05, 0.1) is 48.5 Å². The lowest BCUT2D eigenvalue weighted by Gasteiger charge is -2.09. The molecule has 0 fully saturated rings. The number of carbonyl (C=O) groups excluding carboxylic acids is 1. The number of aromatic nitrogens is 4. The van der Waals surface area contributed by atoms with Crippen LogP contribution in [0.15, 0.2) is 72.1 Å². The highest BCUT2D eigenvalue weighted by Crippen LogP contribution is 2.17. The molecule has 0 aliphatic heterocycles. The summed E-state index contributed by atoms with van der Waals surface area (Å²) in [5.41, 5.74) is 9.49. The quantitative estimate of drug-likeness (QED) is 0.460. The molecule has 4 N–H and O–H groups in total. The van der Waals surface area contributed by atoms with Crippen LogP contribution in [0.2, 0.25) is 0 Å². The fourth-order valence-corrected chi connectivity index (χ4v) is 2.61. The predicted molar refractivity (Wildman–Crippen MR) is 108 cm³/mol. The van der Waals surface area contributed by atoms with Crippen molar-refractivity contribution in [2.75, 3.05) is 16.4 Å². The Bertz CT molecular complexity index is 1110. The van der Waals surface area contributed by atoms with Crippen molar-refractivity contribution in [1.82, 2.24) is 19.9 Å². The van der Waals surface area contributed by atoms with Gasteiger partial charge >= 0.3 is 0 Å². The summed E-state index contributed by atoms with van der Waals surface area (Å²) in [6.45, 7) is 0.429. The molecule has 29 heavy (non-hydrogen) atoms. The highest BCUT2D eigenvalue weighted by molar-refractivity contribution is 6.02. The van der Waals surface area contributed by atoms with E-state index >= 15 is 0 Å². The van der Waals surface area contributed by atoms with Gasteiger partial charge in [0.2, 0.25) is 0 Å². The minimum absolute atomic E-state index is 0.205. The Morgan fingerprint density at radius 3 is 2.76 bits per heavy atom. The summed E-state index contributed by atoms with van der Waals surface area (Å²) in [7, 11) is 0. The molecule has 0 radical (unpaired) electrons. The van der Waals surface area contributed by atoms with Crippen molar-refractivity contribution in [3.63, 3.8) is 0 Å². The monoisotopic (exact) mass is 387 g/mol. The Morgan fingerprint density at radius 2 is 2.00 bits per heavy atom. The molecule has 0 saturated heterocycles. The Morgan fingerprint density at radius 1 is 1.07 bits per heavy atom. The second-order valence-corrected chi connectivity index (χ2v) is 6.08. The highest BCUT2D eigenvalue weighted by Gasteiger charge is 2.10. The van der Waals surface area contributed by atoms with Crippen molar-refractivity contribution < 1.29 is 9.21 Å². The lowest BCUT2D eigenvalue weighted by molar-refractivity contribution is 0.102.